The molecule has 0 aromatic carbocycles. The van der Waals surface area contributed by atoms with E-state index in [1.807, 2.05) is 0 Å². The highest BCUT2D eigenvalue weighted by molar-refractivity contribution is 7.91. The van der Waals surface area contributed by atoms with E-state index >= 15 is 0 Å². The quantitative estimate of drug-likeness (QED) is 0.462. The Hall–Kier alpha value is -0.0900. The Morgan fingerprint density at radius 2 is 2.25 bits per heavy atom. The summed E-state index contributed by atoms with van der Waals surface area (Å²) in [7, 11) is -2.90. The molecule has 1 heterocycles. The molecule has 0 aliphatic carbocycles. The Labute approximate surface area is 48.2 Å². The zero-order valence-electron chi connectivity index (χ0n) is 4.24. The Morgan fingerprint density at radius 3 is 2.38 bits per heavy atom. The highest BCUT2D eigenvalue weighted by Crippen LogP contribution is 2.08. The summed E-state index contributed by atoms with van der Waals surface area (Å²) in [6, 6.07) is 0. The molecular formula is C4H7O3S. The van der Waals surface area contributed by atoms with Gasteiger partial charge in [0.2, 0.25) is 0 Å². The molecule has 0 aromatic heterocycles. The van der Waals surface area contributed by atoms with Gasteiger partial charge >= 0.3 is 0 Å². The third kappa shape index (κ3) is 1.20. The first kappa shape index (κ1) is 6.04. The first-order chi connectivity index (χ1) is 3.60. The third-order valence-corrected chi connectivity index (χ3v) is 2.60. The number of hydrogen-bond acceptors (Lipinski definition) is 3. The van der Waals surface area contributed by atoms with Crippen molar-refractivity contribution >= 4 is 9.84 Å². The fourth-order valence-electron chi connectivity index (χ4n) is 0.654. The van der Waals surface area contributed by atoms with Crippen molar-refractivity contribution in [1.82, 2.24) is 0 Å². The first-order valence-corrected chi connectivity index (χ1v) is 4.14. The van der Waals surface area contributed by atoms with E-state index in [4.69, 9.17) is 5.11 Å². The average molecular weight is 135 g/mol. The van der Waals surface area contributed by atoms with Crippen molar-refractivity contribution in [3.05, 3.63) is 6.42 Å². The lowest BCUT2D eigenvalue weighted by Gasteiger charge is -1.90. The largest absolute Gasteiger partial charge is 0.392 e. The standard InChI is InChI=1S/C4H7O3S/c5-4-1-2-8(6,7)3-4/h1,4-5H,2-3H2/t4-/m0/s1. The zero-order chi connectivity index (χ0) is 6.20. The van der Waals surface area contributed by atoms with Crippen molar-refractivity contribution in [1.29, 1.82) is 0 Å². The molecular weight excluding hydrogens is 128 g/mol. The summed E-state index contributed by atoms with van der Waals surface area (Å²) in [5, 5.41) is 8.63. The molecule has 1 atom stereocenters. The number of rotatable bonds is 0. The molecule has 0 aromatic rings. The Kier molecular flexibility index (Phi) is 1.28. The summed E-state index contributed by atoms with van der Waals surface area (Å²) >= 11 is 0. The maximum Gasteiger partial charge on any atom is 0.153 e. The molecule has 0 saturated carbocycles. The van der Waals surface area contributed by atoms with Gasteiger partial charge < -0.3 is 5.11 Å². The van der Waals surface area contributed by atoms with E-state index in [1.54, 1.807) is 0 Å². The maximum absolute atomic E-state index is 10.4. The molecule has 1 aliphatic heterocycles. The predicted molar refractivity (Wildman–Crippen MR) is 29.0 cm³/mol. The fraction of sp³-hybridized carbons (Fsp3) is 0.750. The molecule has 8 heavy (non-hydrogen) atoms. The van der Waals surface area contributed by atoms with Gasteiger partial charge in [-0.25, -0.2) is 8.42 Å². The molecule has 1 N–H and O–H groups in total. The number of hydrogen-bond donors (Lipinski definition) is 1. The van der Waals surface area contributed by atoms with E-state index in [9.17, 15) is 8.42 Å². The lowest BCUT2D eigenvalue weighted by molar-refractivity contribution is 0.237. The summed E-state index contributed by atoms with van der Waals surface area (Å²) in [5.41, 5.74) is 0. The minimum Gasteiger partial charge on any atom is -0.392 e. The van der Waals surface area contributed by atoms with Gasteiger partial charge in [0, 0.05) is 6.42 Å². The second kappa shape index (κ2) is 1.70. The van der Waals surface area contributed by atoms with Crippen molar-refractivity contribution in [2.24, 2.45) is 0 Å². The van der Waals surface area contributed by atoms with Crippen LogP contribution in [0.3, 0.4) is 0 Å². The van der Waals surface area contributed by atoms with Gasteiger partial charge in [-0.2, -0.15) is 0 Å². The molecule has 1 aliphatic rings. The second-order valence-electron chi connectivity index (χ2n) is 1.88. The van der Waals surface area contributed by atoms with Gasteiger partial charge in [0.1, 0.15) is 0 Å². The summed E-state index contributed by atoms with van der Waals surface area (Å²) in [6.45, 7) is 0. The zero-order valence-corrected chi connectivity index (χ0v) is 5.06. The maximum atomic E-state index is 10.4. The minimum absolute atomic E-state index is 0.0359. The summed E-state index contributed by atoms with van der Waals surface area (Å²) in [4.78, 5) is 0. The molecule has 1 radical (unpaired) electrons. The molecule has 1 saturated heterocycles. The molecule has 3 nitrogen and oxygen atoms in total. The van der Waals surface area contributed by atoms with Gasteiger partial charge in [-0.05, 0) is 0 Å². The van der Waals surface area contributed by atoms with E-state index in [-0.39, 0.29) is 11.5 Å². The van der Waals surface area contributed by atoms with Crippen LogP contribution in [0.1, 0.15) is 0 Å². The van der Waals surface area contributed by atoms with Crippen molar-refractivity contribution in [2.45, 2.75) is 6.10 Å². The average Bonchev–Trinajstić information content (AvgIpc) is 1.82. The van der Waals surface area contributed by atoms with Crippen LogP contribution in [-0.2, 0) is 9.84 Å². The molecule has 0 unspecified atom stereocenters. The van der Waals surface area contributed by atoms with Crippen molar-refractivity contribution in [3.63, 3.8) is 0 Å². The molecule has 1 fully saturated rings. The summed E-state index contributed by atoms with van der Waals surface area (Å²) < 4.78 is 20.9. The lowest BCUT2D eigenvalue weighted by Crippen LogP contribution is -2.08. The first-order valence-electron chi connectivity index (χ1n) is 2.32. The van der Waals surface area contributed by atoms with Crippen molar-refractivity contribution in [2.75, 3.05) is 11.5 Å². The highest BCUT2D eigenvalue weighted by Gasteiger charge is 2.25. The van der Waals surface area contributed by atoms with Gasteiger partial charge in [-0.15, -0.1) is 0 Å². The molecule has 0 amide bonds. The van der Waals surface area contributed by atoms with Gasteiger partial charge in [-0.3, -0.25) is 0 Å². The molecule has 4 heteroatoms. The van der Waals surface area contributed by atoms with Gasteiger partial charge in [0.15, 0.2) is 9.84 Å². The van der Waals surface area contributed by atoms with Crippen LogP contribution in [0, 0.1) is 6.42 Å². The SMILES string of the molecule is O=S1(=O)C[CH][C@H](O)C1. The van der Waals surface area contributed by atoms with Crippen LogP contribution in [0.5, 0.6) is 0 Å². The van der Waals surface area contributed by atoms with Crippen molar-refractivity contribution < 1.29 is 13.5 Å². The van der Waals surface area contributed by atoms with E-state index in [2.05, 4.69) is 0 Å². The van der Waals surface area contributed by atoms with Crippen LogP contribution in [0.25, 0.3) is 0 Å². The Bertz CT molecular complexity index is 170. The number of aliphatic hydroxyl groups excluding tert-OH is 1. The Morgan fingerprint density at radius 1 is 1.62 bits per heavy atom. The number of aliphatic hydroxyl groups is 1. The van der Waals surface area contributed by atoms with E-state index < -0.39 is 15.9 Å². The highest BCUT2D eigenvalue weighted by atomic mass is 32.2. The van der Waals surface area contributed by atoms with Gasteiger partial charge in [0.05, 0.1) is 17.6 Å². The molecule has 47 valence electrons. The van der Waals surface area contributed by atoms with Crippen LogP contribution < -0.4 is 0 Å². The van der Waals surface area contributed by atoms with Crippen LogP contribution in [0.4, 0.5) is 0 Å². The van der Waals surface area contributed by atoms with Gasteiger partial charge in [-0.1, -0.05) is 0 Å². The van der Waals surface area contributed by atoms with E-state index in [0.29, 0.717) is 0 Å². The predicted octanol–water partition coefficient (Wildman–Crippen LogP) is -1.02. The monoisotopic (exact) mass is 135 g/mol. The van der Waals surface area contributed by atoms with E-state index in [0.717, 1.165) is 0 Å². The summed E-state index contributed by atoms with van der Waals surface area (Å²) in [5.74, 6) is -0.0544. The second-order valence-corrected chi connectivity index (χ2v) is 4.03. The molecule has 0 spiro atoms. The third-order valence-electron chi connectivity index (χ3n) is 1.05. The van der Waals surface area contributed by atoms with Gasteiger partial charge in [0.25, 0.3) is 0 Å². The molecule has 1 rings (SSSR count). The van der Waals surface area contributed by atoms with Crippen LogP contribution in [0.15, 0.2) is 0 Å². The lowest BCUT2D eigenvalue weighted by atomic mass is 10.3. The summed E-state index contributed by atoms with van der Waals surface area (Å²) in [6.07, 6.45) is 0.676. The van der Waals surface area contributed by atoms with Crippen LogP contribution >= 0.6 is 0 Å². The normalized spacial score (nSPS) is 35.4. The Balaban J connectivity index is 2.71. The minimum atomic E-state index is -2.90. The molecule has 0 bridgehead atoms. The smallest absolute Gasteiger partial charge is 0.153 e. The topological polar surface area (TPSA) is 54.4 Å². The van der Waals surface area contributed by atoms with Crippen LogP contribution in [0.2, 0.25) is 0 Å². The van der Waals surface area contributed by atoms with E-state index in [1.165, 1.54) is 6.42 Å². The fourth-order valence-corrected chi connectivity index (χ4v) is 1.96. The number of sulfone groups is 1. The van der Waals surface area contributed by atoms with Crippen LogP contribution in [-0.4, -0.2) is 31.1 Å². The van der Waals surface area contributed by atoms with Crippen molar-refractivity contribution in [3.8, 4) is 0 Å².